The zero-order valence-corrected chi connectivity index (χ0v) is 10.1. The Morgan fingerprint density at radius 2 is 2.13 bits per heavy atom. The molecule has 0 saturated heterocycles. The van der Waals surface area contributed by atoms with Crippen LogP contribution in [0.25, 0.3) is 0 Å². The van der Waals surface area contributed by atoms with E-state index >= 15 is 0 Å². The lowest BCUT2D eigenvalue weighted by atomic mass is 10.1. The molecule has 2 nitrogen and oxygen atoms in total. The van der Waals surface area contributed by atoms with Crippen molar-refractivity contribution in [3.05, 3.63) is 28.8 Å². The van der Waals surface area contributed by atoms with E-state index in [4.69, 9.17) is 11.6 Å². The molecule has 0 radical (unpaired) electrons. The predicted octanol–water partition coefficient (Wildman–Crippen LogP) is 3.39. The van der Waals surface area contributed by atoms with Crippen LogP contribution >= 0.6 is 11.6 Å². The Balaban J connectivity index is 3.19. The second-order valence-corrected chi connectivity index (χ2v) is 4.14. The van der Waals surface area contributed by atoms with E-state index in [0.29, 0.717) is 16.6 Å². The van der Waals surface area contributed by atoms with E-state index in [1.807, 2.05) is 6.07 Å². The van der Waals surface area contributed by atoms with E-state index in [1.165, 1.54) is 0 Å². The molecule has 0 saturated carbocycles. The second-order valence-electron chi connectivity index (χ2n) is 3.70. The molecule has 0 spiro atoms. The molecule has 0 aromatic heterocycles. The maximum atomic E-state index is 10.9. The van der Waals surface area contributed by atoms with Gasteiger partial charge >= 0.3 is 0 Å². The van der Waals surface area contributed by atoms with Crippen LogP contribution in [0.15, 0.2) is 18.2 Å². The molecule has 0 fully saturated rings. The van der Waals surface area contributed by atoms with Crippen LogP contribution in [0.1, 0.15) is 31.1 Å². The average Bonchev–Trinajstić information content (AvgIpc) is 2.18. The smallest absolute Gasteiger partial charge is 0.152 e. The molecule has 0 amide bonds. The summed E-state index contributed by atoms with van der Waals surface area (Å²) in [5.74, 6) is 0. The summed E-state index contributed by atoms with van der Waals surface area (Å²) >= 11 is 5.94. The number of benzene rings is 1. The van der Waals surface area contributed by atoms with Gasteiger partial charge in [-0.15, -0.1) is 0 Å². The van der Waals surface area contributed by atoms with Crippen molar-refractivity contribution in [1.82, 2.24) is 0 Å². The number of halogens is 1. The first-order chi connectivity index (χ1) is 7.10. The van der Waals surface area contributed by atoms with Crippen LogP contribution in [-0.4, -0.2) is 18.9 Å². The number of carbonyl (C=O) groups is 1. The van der Waals surface area contributed by atoms with Crippen molar-refractivity contribution in [1.29, 1.82) is 0 Å². The molecule has 0 atom stereocenters. The van der Waals surface area contributed by atoms with Crippen molar-refractivity contribution >= 4 is 23.6 Å². The zero-order valence-electron chi connectivity index (χ0n) is 9.33. The molecule has 0 bridgehead atoms. The predicted molar refractivity (Wildman–Crippen MR) is 65.0 cm³/mol. The third kappa shape index (κ3) is 2.72. The van der Waals surface area contributed by atoms with E-state index in [9.17, 15) is 4.79 Å². The molecule has 0 aliphatic carbocycles. The van der Waals surface area contributed by atoms with Gasteiger partial charge in [-0.05, 0) is 39.0 Å². The van der Waals surface area contributed by atoms with Gasteiger partial charge < -0.3 is 4.90 Å². The summed E-state index contributed by atoms with van der Waals surface area (Å²) in [6.07, 6.45) is 0.872. The maximum Gasteiger partial charge on any atom is 0.152 e. The molecular formula is C12H16ClNO. The van der Waals surface area contributed by atoms with Gasteiger partial charge in [-0.25, -0.2) is 0 Å². The van der Waals surface area contributed by atoms with Crippen molar-refractivity contribution in [2.45, 2.75) is 26.8 Å². The number of hydrogen-bond acceptors (Lipinski definition) is 2. The summed E-state index contributed by atoms with van der Waals surface area (Å²) in [6.45, 7) is 7.12. The number of nitrogens with zero attached hydrogens (tertiary/aromatic N) is 1. The Labute approximate surface area is 95.8 Å². The summed E-state index contributed by atoms with van der Waals surface area (Å²) in [4.78, 5) is 13.1. The van der Waals surface area contributed by atoms with Gasteiger partial charge in [0.2, 0.25) is 0 Å². The van der Waals surface area contributed by atoms with Crippen LogP contribution in [-0.2, 0) is 0 Å². The summed E-state index contributed by atoms with van der Waals surface area (Å²) in [5.41, 5.74) is 1.60. The number of rotatable bonds is 4. The Kier molecular flexibility index (Phi) is 4.15. The third-order valence-electron chi connectivity index (χ3n) is 2.39. The molecule has 1 aromatic carbocycles. The lowest BCUT2D eigenvalue weighted by molar-refractivity contribution is 0.112. The lowest BCUT2D eigenvalue weighted by Gasteiger charge is -2.28. The van der Waals surface area contributed by atoms with Gasteiger partial charge in [-0.3, -0.25) is 4.79 Å². The molecule has 0 aliphatic rings. The fourth-order valence-electron chi connectivity index (χ4n) is 1.68. The molecular weight excluding hydrogens is 210 g/mol. The molecule has 1 rings (SSSR count). The largest absolute Gasteiger partial charge is 0.369 e. The van der Waals surface area contributed by atoms with Gasteiger partial charge in [0.25, 0.3) is 0 Å². The van der Waals surface area contributed by atoms with Crippen LogP contribution in [0.3, 0.4) is 0 Å². The highest BCUT2D eigenvalue weighted by molar-refractivity contribution is 6.31. The van der Waals surface area contributed by atoms with Gasteiger partial charge in [-0.1, -0.05) is 11.6 Å². The summed E-state index contributed by atoms with van der Waals surface area (Å²) in [7, 11) is 0. The Bertz CT molecular complexity index is 349. The SMILES string of the molecule is CCN(c1cc(Cl)ccc1C=O)C(C)C. The van der Waals surface area contributed by atoms with Gasteiger partial charge in [0.05, 0.1) is 0 Å². The topological polar surface area (TPSA) is 20.3 Å². The minimum Gasteiger partial charge on any atom is -0.369 e. The first-order valence-electron chi connectivity index (χ1n) is 5.11. The van der Waals surface area contributed by atoms with E-state index in [2.05, 4.69) is 25.7 Å². The highest BCUT2D eigenvalue weighted by atomic mass is 35.5. The van der Waals surface area contributed by atoms with Crippen LogP contribution in [0.4, 0.5) is 5.69 Å². The van der Waals surface area contributed by atoms with Crippen LogP contribution in [0, 0.1) is 0 Å². The monoisotopic (exact) mass is 225 g/mol. The molecule has 0 N–H and O–H groups in total. The van der Waals surface area contributed by atoms with Crippen LogP contribution in [0.2, 0.25) is 5.02 Å². The highest BCUT2D eigenvalue weighted by Gasteiger charge is 2.12. The fourth-order valence-corrected chi connectivity index (χ4v) is 1.85. The van der Waals surface area contributed by atoms with Crippen molar-refractivity contribution in [3.8, 4) is 0 Å². The highest BCUT2D eigenvalue weighted by Crippen LogP contribution is 2.25. The molecule has 82 valence electrons. The quantitative estimate of drug-likeness (QED) is 0.733. The van der Waals surface area contributed by atoms with E-state index in [-0.39, 0.29) is 0 Å². The number of anilines is 1. The number of hydrogen-bond donors (Lipinski definition) is 0. The number of carbonyl (C=O) groups excluding carboxylic acids is 1. The van der Waals surface area contributed by atoms with Crippen molar-refractivity contribution in [2.24, 2.45) is 0 Å². The molecule has 0 unspecified atom stereocenters. The average molecular weight is 226 g/mol. The Hall–Kier alpha value is -1.02. The van der Waals surface area contributed by atoms with Gasteiger partial charge in [0.15, 0.2) is 6.29 Å². The molecule has 3 heteroatoms. The fraction of sp³-hybridized carbons (Fsp3) is 0.417. The summed E-state index contributed by atoms with van der Waals surface area (Å²) in [6, 6.07) is 5.69. The van der Waals surface area contributed by atoms with Gasteiger partial charge in [0, 0.05) is 28.9 Å². The first kappa shape index (κ1) is 12.1. The molecule has 0 aliphatic heterocycles. The standard InChI is InChI=1S/C12H16ClNO/c1-4-14(9(2)3)12-7-11(13)6-5-10(12)8-15/h5-9H,4H2,1-3H3. The Morgan fingerprint density at radius 1 is 1.47 bits per heavy atom. The Morgan fingerprint density at radius 3 is 2.60 bits per heavy atom. The molecule has 1 aromatic rings. The maximum absolute atomic E-state index is 10.9. The third-order valence-corrected chi connectivity index (χ3v) is 2.63. The minimum atomic E-state index is 0.354. The van der Waals surface area contributed by atoms with Crippen molar-refractivity contribution in [3.63, 3.8) is 0 Å². The van der Waals surface area contributed by atoms with Crippen molar-refractivity contribution < 1.29 is 4.79 Å². The van der Waals surface area contributed by atoms with Gasteiger partial charge in [-0.2, -0.15) is 0 Å². The minimum absolute atomic E-state index is 0.354. The normalized spacial score (nSPS) is 10.5. The molecule has 0 heterocycles. The van der Waals surface area contributed by atoms with Crippen LogP contribution in [0.5, 0.6) is 0 Å². The molecule has 15 heavy (non-hydrogen) atoms. The van der Waals surface area contributed by atoms with E-state index in [1.54, 1.807) is 12.1 Å². The summed E-state index contributed by atoms with van der Waals surface area (Å²) in [5, 5.41) is 0.662. The van der Waals surface area contributed by atoms with Crippen LogP contribution < -0.4 is 4.90 Å². The van der Waals surface area contributed by atoms with Crippen molar-refractivity contribution in [2.75, 3.05) is 11.4 Å². The number of aldehydes is 1. The van der Waals surface area contributed by atoms with E-state index < -0.39 is 0 Å². The lowest BCUT2D eigenvalue weighted by Crippen LogP contribution is -2.31. The van der Waals surface area contributed by atoms with E-state index in [0.717, 1.165) is 18.5 Å². The zero-order chi connectivity index (χ0) is 11.4. The first-order valence-corrected chi connectivity index (χ1v) is 5.49. The van der Waals surface area contributed by atoms with Gasteiger partial charge in [0.1, 0.15) is 0 Å². The second kappa shape index (κ2) is 5.17. The summed E-state index contributed by atoms with van der Waals surface area (Å²) < 4.78 is 0.